The Kier molecular flexibility index (Phi) is 6.11. The Balaban J connectivity index is 2.78. The molecule has 0 amide bonds. The lowest BCUT2D eigenvalue weighted by molar-refractivity contribution is -0.138. The van der Waals surface area contributed by atoms with Crippen LogP contribution in [-0.4, -0.2) is 45.0 Å². The molecule has 0 saturated carbocycles. The molecule has 1 rings (SSSR count). The zero-order valence-corrected chi connectivity index (χ0v) is 12.2. The molecule has 1 aromatic carbocycles. The Morgan fingerprint density at radius 2 is 1.75 bits per heavy atom. The summed E-state index contributed by atoms with van der Waals surface area (Å²) in [5.74, 6) is 0.863. The van der Waals surface area contributed by atoms with E-state index in [0.717, 1.165) is 5.56 Å². The molecule has 0 fully saturated rings. The molecule has 6 heteroatoms. The van der Waals surface area contributed by atoms with Gasteiger partial charge in [0.15, 0.2) is 11.5 Å². The SMILES string of the molecule is COc1cc(CCN[C@H](C)C(=O)O)cc(OC)c1OC. The van der Waals surface area contributed by atoms with Crippen LogP contribution in [0.3, 0.4) is 0 Å². The van der Waals surface area contributed by atoms with Crippen LogP contribution in [0, 0.1) is 0 Å². The number of rotatable bonds is 8. The molecule has 1 aromatic rings. The van der Waals surface area contributed by atoms with Crippen LogP contribution in [0.1, 0.15) is 12.5 Å². The topological polar surface area (TPSA) is 77.0 Å². The molecule has 1 atom stereocenters. The van der Waals surface area contributed by atoms with Crippen molar-refractivity contribution in [2.24, 2.45) is 0 Å². The number of carboxylic acids is 1. The molecule has 0 saturated heterocycles. The average molecular weight is 283 g/mol. The van der Waals surface area contributed by atoms with E-state index in [9.17, 15) is 4.79 Å². The van der Waals surface area contributed by atoms with Crippen LogP contribution in [0.2, 0.25) is 0 Å². The van der Waals surface area contributed by atoms with E-state index in [-0.39, 0.29) is 0 Å². The molecule has 0 bridgehead atoms. The largest absolute Gasteiger partial charge is 0.493 e. The second kappa shape index (κ2) is 7.59. The predicted octanol–water partition coefficient (Wildman–Crippen LogP) is 1.32. The maximum absolute atomic E-state index is 10.7. The molecule has 20 heavy (non-hydrogen) atoms. The molecule has 0 aliphatic rings. The summed E-state index contributed by atoms with van der Waals surface area (Å²) < 4.78 is 15.8. The number of hydrogen-bond acceptors (Lipinski definition) is 5. The minimum Gasteiger partial charge on any atom is -0.493 e. The van der Waals surface area contributed by atoms with Gasteiger partial charge in [-0.25, -0.2) is 0 Å². The molecule has 0 aliphatic carbocycles. The molecule has 6 nitrogen and oxygen atoms in total. The Morgan fingerprint density at radius 1 is 1.20 bits per heavy atom. The first-order valence-corrected chi connectivity index (χ1v) is 6.28. The van der Waals surface area contributed by atoms with Gasteiger partial charge in [-0.1, -0.05) is 0 Å². The molecular formula is C14H21NO5. The standard InChI is InChI=1S/C14H21NO5/c1-9(14(16)17)15-6-5-10-7-11(18-2)13(20-4)12(8-10)19-3/h7-9,15H,5-6H2,1-4H3,(H,16,17)/t9-/m1/s1. The fourth-order valence-electron chi connectivity index (χ4n) is 1.80. The van der Waals surface area contributed by atoms with Gasteiger partial charge in [0.1, 0.15) is 6.04 Å². The molecule has 112 valence electrons. The van der Waals surface area contributed by atoms with Crippen LogP contribution in [-0.2, 0) is 11.2 Å². The second-order valence-corrected chi connectivity index (χ2v) is 4.30. The number of hydrogen-bond donors (Lipinski definition) is 2. The van der Waals surface area contributed by atoms with Gasteiger partial charge < -0.3 is 24.6 Å². The van der Waals surface area contributed by atoms with Crippen LogP contribution < -0.4 is 19.5 Å². The van der Waals surface area contributed by atoms with E-state index in [2.05, 4.69) is 5.32 Å². The smallest absolute Gasteiger partial charge is 0.320 e. The average Bonchev–Trinajstić information content (AvgIpc) is 2.45. The number of aliphatic carboxylic acids is 1. The van der Waals surface area contributed by atoms with E-state index in [1.807, 2.05) is 12.1 Å². The highest BCUT2D eigenvalue weighted by Gasteiger charge is 2.14. The zero-order chi connectivity index (χ0) is 15.1. The molecular weight excluding hydrogens is 262 g/mol. The van der Waals surface area contributed by atoms with Gasteiger partial charge in [0.2, 0.25) is 5.75 Å². The van der Waals surface area contributed by atoms with Crippen molar-refractivity contribution in [2.45, 2.75) is 19.4 Å². The van der Waals surface area contributed by atoms with Crippen molar-refractivity contribution in [3.05, 3.63) is 17.7 Å². The van der Waals surface area contributed by atoms with Crippen LogP contribution in [0.25, 0.3) is 0 Å². The normalized spacial score (nSPS) is 11.8. The summed E-state index contributed by atoms with van der Waals surface area (Å²) in [6, 6.07) is 3.14. The predicted molar refractivity (Wildman–Crippen MR) is 74.9 cm³/mol. The second-order valence-electron chi connectivity index (χ2n) is 4.30. The van der Waals surface area contributed by atoms with Crippen LogP contribution in [0.5, 0.6) is 17.2 Å². The first-order chi connectivity index (χ1) is 9.53. The van der Waals surface area contributed by atoms with E-state index >= 15 is 0 Å². The quantitative estimate of drug-likeness (QED) is 0.749. The van der Waals surface area contributed by atoms with Gasteiger partial charge in [0.25, 0.3) is 0 Å². The van der Waals surface area contributed by atoms with E-state index in [1.165, 1.54) is 0 Å². The fourth-order valence-corrected chi connectivity index (χ4v) is 1.80. The van der Waals surface area contributed by atoms with E-state index in [0.29, 0.717) is 30.2 Å². The third-order valence-corrected chi connectivity index (χ3v) is 2.96. The summed E-state index contributed by atoms with van der Waals surface area (Å²) >= 11 is 0. The lowest BCUT2D eigenvalue weighted by Gasteiger charge is -2.14. The summed E-state index contributed by atoms with van der Waals surface area (Å²) in [5, 5.41) is 11.7. The molecule has 0 radical (unpaired) electrons. The molecule has 0 heterocycles. The van der Waals surface area contributed by atoms with Gasteiger partial charge in [-0.15, -0.1) is 0 Å². The van der Waals surface area contributed by atoms with Crippen molar-refractivity contribution in [3.8, 4) is 17.2 Å². The van der Waals surface area contributed by atoms with Gasteiger partial charge in [0, 0.05) is 0 Å². The summed E-state index contributed by atoms with van der Waals surface area (Å²) in [4.78, 5) is 10.7. The van der Waals surface area contributed by atoms with Crippen molar-refractivity contribution < 1.29 is 24.1 Å². The highest BCUT2D eigenvalue weighted by Crippen LogP contribution is 2.38. The van der Waals surface area contributed by atoms with E-state index in [1.54, 1.807) is 28.3 Å². The third-order valence-electron chi connectivity index (χ3n) is 2.96. The number of carbonyl (C=O) groups is 1. The van der Waals surface area contributed by atoms with Crippen LogP contribution in [0.15, 0.2) is 12.1 Å². The molecule has 0 unspecified atom stereocenters. The highest BCUT2D eigenvalue weighted by molar-refractivity contribution is 5.72. The molecule has 0 aliphatic heterocycles. The van der Waals surface area contributed by atoms with Crippen molar-refractivity contribution in [3.63, 3.8) is 0 Å². The van der Waals surface area contributed by atoms with Crippen LogP contribution >= 0.6 is 0 Å². The Morgan fingerprint density at radius 3 is 2.15 bits per heavy atom. The first-order valence-electron chi connectivity index (χ1n) is 6.28. The lowest BCUT2D eigenvalue weighted by Crippen LogP contribution is -2.34. The number of benzene rings is 1. The summed E-state index contributed by atoms with van der Waals surface area (Å²) in [5.41, 5.74) is 0.976. The van der Waals surface area contributed by atoms with Crippen LogP contribution in [0.4, 0.5) is 0 Å². The Hall–Kier alpha value is -1.95. The number of methoxy groups -OCH3 is 3. The first kappa shape index (κ1) is 16.1. The summed E-state index contributed by atoms with van der Waals surface area (Å²) in [7, 11) is 4.67. The van der Waals surface area contributed by atoms with Gasteiger partial charge in [-0.05, 0) is 37.6 Å². The van der Waals surface area contributed by atoms with Crippen molar-refractivity contribution in [1.82, 2.24) is 5.32 Å². The third kappa shape index (κ3) is 4.03. The summed E-state index contributed by atoms with van der Waals surface area (Å²) in [6.07, 6.45) is 0.661. The number of carboxylic acid groups (broad SMARTS) is 1. The number of ether oxygens (including phenoxy) is 3. The summed E-state index contributed by atoms with van der Waals surface area (Å²) in [6.45, 7) is 2.16. The minimum absolute atomic E-state index is 0.547. The van der Waals surface area contributed by atoms with Crippen molar-refractivity contribution in [2.75, 3.05) is 27.9 Å². The number of nitrogens with one attached hydrogen (secondary N) is 1. The zero-order valence-electron chi connectivity index (χ0n) is 12.2. The van der Waals surface area contributed by atoms with E-state index < -0.39 is 12.0 Å². The molecule has 0 aromatic heterocycles. The fraction of sp³-hybridized carbons (Fsp3) is 0.500. The maximum atomic E-state index is 10.7. The van der Waals surface area contributed by atoms with Gasteiger partial charge >= 0.3 is 5.97 Å². The monoisotopic (exact) mass is 283 g/mol. The Labute approximate surface area is 118 Å². The van der Waals surface area contributed by atoms with Crippen molar-refractivity contribution >= 4 is 5.97 Å². The van der Waals surface area contributed by atoms with E-state index in [4.69, 9.17) is 19.3 Å². The van der Waals surface area contributed by atoms with Gasteiger partial charge in [0.05, 0.1) is 21.3 Å². The highest BCUT2D eigenvalue weighted by atomic mass is 16.5. The van der Waals surface area contributed by atoms with Gasteiger partial charge in [-0.2, -0.15) is 0 Å². The van der Waals surface area contributed by atoms with Crippen molar-refractivity contribution in [1.29, 1.82) is 0 Å². The molecule has 0 spiro atoms. The van der Waals surface area contributed by atoms with Gasteiger partial charge in [-0.3, -0.25) is 4.79 Å². The lowest BCUT2D eigenvalue weighted by atomic mass is 10.1. The Bertz CT molecular complexity index is 436. The minimum atomic E-state index is -0.866. The molecule has 2 N–H and O–H groups in total. The maximum Gasteiger partial charge on any atom is 0.320 e.